The summed E-state index contributed by atoms with van der Waals surface area (Å²) < 4.78 is 5.62. The molecule has 6 heteroatoms. The van der Waals surface area contributed by atoms with Crippen molar-refractivity contribution in [2.75, 3.05) is 7.11 Å². The predicted octanol–water partition coefficient (Wildman–Crippen LogP) is 2.44. The normalized spacial score (nSPS) is 11.1. The van der Waals surface area contributed by atoms with Gasteiger partial charge in [-0.3, -0.25) is 4.79 Å². The molecule has 0 spiro atoms. The number of phenolic OH excluding ortho intramolecular Hbond substituents is 1. The van der Waals surface area contributed by atoms with Gasteiger partial charge in [0, 0.05) is 6.04 Å². The Kier molecular flexibility index (Phi) is 5.82. The lowest BCUT2D eigenvalue weighted by Crippen LogP contribution is -2.30. The van der Waals surface area contributed by atoms with Gasteiger partial charge in [-0.2, -0.15) is 5.26 Å². The number of phenols is 1. The second kappa shape index (κ2) is 7.14. The first kappa shape index (κ1) is 16.3. The molecule has 0 saturated heterocycles. The third-order valence-electron chi connectivity index (χ3n) is 2.37. The second-order valence-corrected chi connectivity index (χ2v) is 5.51. The van der Waals surface area contributed by atoms with E-state index in [1.807, 2.05) is 42.5 Å². The van der Waals surface area contributed by atoms with E-state index in [-0.39, 0.29) is 17.4 Å². The molecule has 0 fully saturated rings. The van der Waals surface area contributed by atoms with E-state index in [0.717, 1.165) is 0 Å². The molecule has 0 radical (unpaired) electrons. The van der Waals surface area contributed by atoms with Crippen LogP contribution in [0.1, 0.15) is 19.4 Å². The van der Waals surface area contributed by atoms with Gasteiger partial charge in [-0.05, 0) is 60.2 Å². The highest BCUT2D eigenvalue weighted by molar-refractivity contribution is 14.1. The van der Waals surface area contributed by atoms with Crippen molar-refractivity contribution < 1.29 is 14.6 Å². The highest BCUT2D eigenvalue weighted by Crippen LogP contribution is 2.33. The van der Waals surface area contributed by atoms with Crippen LogP contribution in [0.4, 0.5) is 0 Å². The largest absolute Gasteiger partial charge is 0.504 e. The highest BCUT2D eigenvalue weighted by Gasteiger charge is 2.12. The number of ether oxygens (including phenoxy) is 1. The van der Waals surface area contributed by atoms with Crippen molar-refractivity contribution in [3.63, 3.8) is 0 Å². The molecule has 1 amide bonds. The summed E-state index contributed by atoms with van der Waals surface area (Å²) in [7, 11) is 1.44. The summed E-state index contributed by atoms with van der Waals surface area (Å²) >= 11 is 1.95. The van der Waals surface area contributed by atoms with E-state index < -0.39 is 5.91 Å². The Bertz CT molecular complexity index is 589. The number of amides is 1. The topological polar surface area (TPSA) is 82.3 Å². The lowest BCUT2D eigenvalue weighted by Gasteiger charge is -2.08. The van der Waals surface area contributed by atoms with Gasteiger partial charge in [0.05, 0.1) is 10.7 Å². The van der Waals surface area contributed by atoms with Gasteiger partial charge in [-0.1, -0.05) is 0 Å². The first-order valence-corrected chi connectivity index (χ1v) is 6.96. The third kappa shape index (κ3) is 4.13. The molecule has 0 atom stereocenters. The quantitative estimate of drug-likeness (QED) is 0.473. The standard InChI is InChI=1S/C14H15IN2O3/c1-8(2)17-14(19)10(7-16)4-9-5-11(15)13(18)12(6-9)20-3/h4-6,8,18H,1-3H3,(H,17,19)/b10-4-. The second-order valence-electron chi connectivity index (χ2n) is 4.35. The van der Waals surface area contributed by atoms with E-state index in [4.69, 9.17) is 10.00 Å². The van der Waals surface area contributed by atoms with Crippen LogP contribution in [0.2, 0.25) is 0 Å². The summed E-state index contributed by atoms with van der Waals surface area (Å²) in [6.45, 7) is 3.64. The van der Waals surface area contributed by atoms with Crippen LogP contribution in [0.25, 0.3) is 6.08 Å². The molecule has 1 rings (SSSR count). The Labute approximate surface area is 131 Å². The molecule has 0 aliphatic heterocycles. The molecule has 1 aromatic rings. The smallest absolute Gasteiger partial charge is 0.262 e. The molecule has 2 N–H and O–H groups in total. The van der Waals surface area contributed by atoms with Crippen molar-refractivity contribution in [1.82, 2.24) is 5.32 Å². The maximum absolute atomic E-state index is 11.8. The fourth-order valence-corrected chi connectivity index (χ4v) is 2.11. The highest BCUT2D eigenvalue weighted by atomic mass is 127. The molecule has 0 bridgehead atoms. The number of methoxy groups -OCH3 is 1. The number of nitrogens with one attached hydrogen (secondary N) is 1. The van der Waals surface area contributed by atoms with Gasteiger partial charge < -0.3 is 15.2 Å². The average Bonchev–Trinajstić information content (AvgIpc) is 2.38. The number of aromatic hydroxyl groups is 1. The first-order valence-electron chi connectivity index (χ1n) is 5.88. The molecule has 106 valence electrons. The van der Waals surface area contributed by atoms with Crippen LogP contribution in [0.5, 0.6) is 11.5 Å². The van der Waals surface area contributed by atoms with E-state index in [9.17, 15) is 9.90 Å². The number of carbonyl (C=O) groups is 1. The lowest BCUT2D eigenvalue weighted by atomic mass is 10.1. The zero-order valence-corrected chi connectivity index (χ0v) is 13.6. The SMILES string of the molecule is COc1cc(/C=C(/C#N)C(=O)NC(C)C)cc(I)c1O. The number of hydrogen-bond acceptors (Lipinski definition) is 4. The number of nitrogens with zero attached hydrogens (tertiary/aromatic N) is 1. The van der Waals surface area contributed by atoms with Gasteiger partial charge in [0.25, 0.3) is 5.91 Å². The van der Waals surface area contributed by atoms with Gasteiger partial charge in [0.15, 0.2) is 11.5 Å². The monoisotopic (exact) mass is 386 g/mol. The van der Waals surface area contributed by atoms with Crippen LogP contribution in [0.15, 0.2) is 17.7 Å². The number of nitriles is 1. The van der Waals surface area contributed by atoms with Crippen molar-refractivity contribution in [3.05, 3.63) is 26.8 Å². The minimum atomic E-state index is -0.426. The van der Waals surface area contributed by atoms with Crippen molar-refractivity contribution in [3.8, 4) is 17.6 Å². The Morgan fingerprint density at radius 3 is 2.70 bits per heavy atom. The molecule has 0 saturated carbocycles. The van der Waals surface area contributed by atoms with Gasteiger partial charge in [0.1, 0.15) is 11.6 Å². The number of hydrogen-bond donors (Lipinski definition) is 2. The fourth-order valence-electron chi connectivity index (χ4n) is 1.49. The summed E-state index contributed by atoms with van der Waals surface area (Å²) in [5, 5.41) is 21.5. The molecule has 0 aliphatic rings. The third-order valence-corrected chi connectivity index (χ3v) is 3.19. The first-order chi connectivity index (χ1) is 9.38. The van der Waals surface area contributed by atoms with Crippen LogP contribution >= 0.6 is 22.6 Å². The fraction of sp³-hybridized carbons (Fsp3) is 0.286. The molecular weight excluding hydrogens is 371 g/mol. The molecule has 1 aromatic carbocycles. The van der Waals surface area contributed by atoms with Gasteiger partial charge in [-0.25, -0.2) is 0 Å². The number of halogens is 1. The number of carbonyl (C=O) groups excluding carboxylic acids is 1. The summed E-state index contributed by atoms with van der Waals surface area (Å²) in [6, 6.07) is 5.06. The Morgan fingerprint density at radius 2 is 2.20 bits per heavy atom. The van der Waals surface area contributed by atoms with Crippen LogP contribution in [-0.4, -0.2) is 24.2 Å². The minimum absolute atomic E-state index is 0.00208. The number of benzene rings is 1. The zero-order valence-electron chi connectivity index (χ0n) is 11.4. The molecule has 5 nitrogen and oxygen atoms in total. The summed E-state index contributed by atoms with van der Waals surface area (Å²) in [4.78, 5) is 11.8. The zero-order chi connectivity index (χ0) is 15.3. The average molecular weight is 386 g/mol. The molecule has 0 unspecified atom stereocenters. The maximum atomic E-state index is 11.8. The molecule has 0 heterocycles. The minimum Gasteiger partial charge on any atom is -0.504 e. The van der Waals surface area contributed by atoms with Crippen LogP contribution < -0.4 is 10.1 Å². The summed E-state index contributed by atoms with van der Waals surface area (Å²) in [5.41, 5.74) is 0.613. The summed E-state index contributed by atoms with van der Waals surface area (Å²) in [6.07, 6.45) is 1.46. The van der Waals surface area contributed by atoms with E-state index in [1.165, 1.54) is 13.2 Å². The van der Waals surface area contributed by atoms with Crippen molar-refractivity contribution in [2.45, 2.75) is 19.9 Å². The Hall–Kier alpha value is -1.75. The molecule has 0 aromatic heterocycles. The van der Waals surface area contributed by atoms with Crippen LogP contribution in [0.3, 0.4) is 0 Å². The van der Waals surface area contributed by atoms with Crippen LogP contribution in [0, 0.1) is 14.9 Å². The van der Waals surface area contributed by atoms with E-state index in [2.05, 4.69) is 5.32 Å². The predicted molar refractivity (Wildman–Crippen MR) is 84.2 cm³/mol. The van der Waals surface area contributed by atoms with Gasteiger partial charge in [0.2, 0.25) is 0 Å². The molecule has 20 heavy (non-hydrogen) atoms. The Morgan fingerprint density at radius 1 is 1.55 bits per heavy atom. The summed E-state index contributed by atoms with van der Waals surface area (Å²) in [5.74, 6) is -0.0929. The van der Waals surface area contributed by atoms with Gasteiger partial charge in [-0.15, -0.1) is 0 Å². The van der Waals surface area contributed by atoms with Crippen molar-refractivity contribution in [2.24, 2.45) is 0 Å². The van der Waals surface area contributed by atoms with Gasteiger partial charge >= 0.3 is 0 Å². The Balaban J connectivity index is 3.17. The molecule has 0 aliphatic carbocycles. The van der Waals surface area contributed by atoms with E-state index in [0.29, 0.717) is 14.9 Å². The van der Waals surface area contributed by atoms with Crippen LogP contribution in [-0.2, 0) is 4.79 Å². The maximum Gasteiger partial charge on any atom is 0.262 e. The van der Waals surface area contributed by atoms with Crippen molar-refractivity contribution >= 4 is 34.6 Å². The number of rotatable bonds is 4. The lowest BCUT2D eigenvalue weighted by molar-refractivity contribution is -0.117. The van der Waals surface area contributed by atoms with Crippen molar-refractivity contribution in [1.29, 1.82) is 5.26 Å². The molecular formula is C14H15IN2O3. The van der Waals surface area contributed by atoms with E-state index >= 15 is 0 Å². The van der Waals surface area contributed by atoms with E-state index in [1.54, 1.807) is 12.1 Å².